The fraction of sp³-hybridized carbons (Fsp3) is 0. The maximum absolute atomic E-state index is 8.76. The van der Waals surface area contributed by atoms with E-state index in [1.54, 1.807) is 0 Å². The van der Waals surface area contributed by atoms with Crippen molar-refractivity contribution >= 4 is 30.9 Å². The van der Waals surface area contributed by atoms with Crippen molar-refractivity contribution in [3.05, 3.63) is 0 Å². The van der Waals surface area contributed by atoms with Crippen LogP contribution in [-0.2, 0) is 23.1 Å². The predicted octanol–water partition coefficient (Wildman–Crippen LogP) is -3.81. The van der Waals surface area contributed by atoms with Crippen LogP contribution >= 0.6 is 7.82 Å². The van der Waals surface area contributed by atoms with Crippen LogP contribution in [0.5, 0.6) is 0 Å². The third-order valence-electron chi connectivity index (χ3n) is 0. The zero-order valence-electron chi connectivity index (χ0n) is 4.54. The van der Waals surface area contributed by atoms with Crippen LogP contribution in [0.2, 0.25) is 0 Å². The van der Waals surface area contributed by atoms with Crippen molar-refractivity contribution in [3.8, 4) is 0 Å². The Morgan fingerprint density at radius 3 is 1.30 bits per heavy atom. The zero-order valence-corrected chi connectivity index (χ0v) is 8.12. The summed E-state index contributed by atoms with van der Waals surface area (Å²) < 4.78 is 31.8. The van der Waals surface area contributed by atoms with E-state index in [0.29, 0.717) is 0 Å². The Labute approximate surface area is 77.0 Å². The van der Waals surface area contributed by atoms with Crippen molar-refractivity contribution in [1.29, 1.82) is 0 Å². The van der Waals surface area contributed by atoms with Crippen LogP contribution in [0.1, 0.15) is 0 Å². The molecule has 0 atom stereocenters. The van der Waals surface area contributed by atoms with Crippen molar-refractivity contribution < 1.29 is 46.1 Å². The third-order valence-corrected chi connectivity index (χ3v) is 0. The molecule has 3 N–H and O–H groups in total. The van der Waals surface area contributed by atoms with Crippen LogP contribution in [0, 0.1) is 0 Å². The summed E-state index contributed by atoms with van der Waals surface area (Å²) in [5.41, 5.74) is 0. The SMILES string of the molecule is O=P([O-])([O-])O.[Mg+2].[O]=[Cr]([OH])[OH]. The molecule has 58 valence electrons. The van der Waals surface area contributed by atoms with Gasteiger partial charge in [0.25, 0.3) is 0 Å². The molecule has 0 unspecified atom stereocenters. The number of rotatable bonds is 0. The number of hydrogen-bond acceptors (Lipinski definition) is 4. The first-order chi connectivity index (χ1) is 3.73. The van der Waals surface area contributed by atoms with Gasteiger partial charge in [-0.05, 0) is 0 Å². The van der Waals surface area contributed by atoms with Gasteiger partial charge in [-0.15, -0.1) is 0 Å². The molecule has 0 spiro atoms. The molecule has 0 heterocycles. The van der Waals surface area contributed by atoms with E-state index in [2.05, 4.69) is 0 Å². The molecule has 0 aliphatic heterocycles. The van der Waals surface area contributed by atoms with Gasteiger partial charge in [0.2, 0.25) is 0 Å². The molecule has 0 aromatic heterocycles. The second kappa shape index (κ2) is 8.23. The molecule has 0 bridgehead atoms. The maximum atomic E-state index is 8.76. The fourth-order valence-electron chi connectivity index (χ4n) is 0. The van der Waals surface area contributed by atoms with Gasteiger partial charge in [-0.25, -0.2) is 0 Å². The van der Waals surface area contributed by atoms with E-state index < -0.39 is 22.6 Å². The Morgan fingerprint density at radius 1 is 1.30 bits per heavy atom. The van der Waals surface area contributed by atoms with Crippen LogP contribution in [0.4, 0.5) is 0 Å². The second-order valence-electron chi connectivity index (χ2n) is 0.699. The summed E-state index contributed by atoms with van der Waals surface area (Å²) in [6.07, 6.45) is 0. The topological polar surface area (TPSA) is 141 Å². The molecule has 0 saturated carbocycles. The van der Waals surface area contributed by atoms with Crippen molar-refractivity contribution in [1.82, 2.24) is 0 Å². The normalized spacial score (nSPS) is 9.40. The van der Waals surface area contributed by atoms with Crippen LogP contribution in [0.3, 0.4) is 0 Å². The fourth-order valence-corrected chi connectivity index (χ4v) is 0. The molecular weight excluding hydrogens is 219 g/mol. The molecule has 0 saturated heterocycles. The third kappa shape index (κ3) is 473. The van der Waals surface area contributed by atoms with Gasteiger partial charge < -0.3 is 19.2 Å². The molecular formula is H3CrMgO7P. The summed E-state index contributed by atoms with van der Waals surface area (Å²) in [4.78, 5) is 24.3. The summed E-state index contributed by atoms with van der Waals surface area (Å²) in [5, 5.41) is 0. The Hall–Kier alpha value is 1.13. The Balaban J connectivity index is -0.0000000910. The van der Waals surface area contributed by atoms with Gasteiger partial charge in [0.05, 0.1) is 7.82 Å². The van der Waals surface area contributed by atoms with Crippen LogP contribution in [0.25, 0.3) is 0 Å². The van der Waals surface area contributed by atoms with Crippen LogP contribution in [0.15, 0.2) is 0 Å². The molecule has 10 heavy (non-hydrogen) atoms. The van der Waals surface area contributed by atoms with Crippen LogP contribution < -0.4 is 9.79 Å². The molecule has 0 rings (SSSR count). The van der Waals surface area contributed by atoms with E-state index in [-0.39, 0.29) is 23.1 Å². The summed E-state index contributed by atoms with van der Waals surface area (Å²) in [6.45, 7) is 0. The first kappa shape index (κ1) is 17.3. The Morgan fingerprint density at radius 2 is 1.30 bits per heavy atom. The van der Waals surface area contributed by atoms with Gasteiger partial charge in [-0.2, -0.15) is 0 Å². The van der Waals surface area contributed by atoms with Gasteiger partial charge in [0.1, 0.15) is 0 Å². The van der Waals surface area contributed by atoms with E-state index in [1.165, 1.54) is 0 Å². The van der Waals surface area contributed by atoms with Gasteiger partial charge in [-0.1, -0.05) is 0 Å². The van der Waals surface area contributed by atoms with Crippen molar-refractivity contribution in [2.75, 3.05) is 0 Å². The van der Waals surface area contributed by atoms with E-state index >= 15 is 0 Å². The van der Waals surface area contributed by atoms with Gasteiger partial charge in [0, 0.05) is 0 Å². The van der Waals surface area contributed by atoms with Crippen molar-refractivity contribution in [2.45, 2.75) is 0 Å². The monoisotopic (exact) mass is 222 g/mol. The molecule has 0 aliphatic rings. The molecule has 10 heteroatoms. The van der Waals surface area contributed by atoms with E-state index in [0.717, 1.165) is 0 Å². The van der Waals surface area contributed by atoms with Crippen molar-refractivity contribution in [3.63, 3.8) is 0 Å². The molecule has 0 amide bonds. The molecule has 0 aromatic carbocycles. The molecule has 0 radical (unpaired) electrons. The number of phosphoric acid groups is 1. The molecule has 0 fully saturated rings. The van der Waals surface area contributed by atoms with Crippen LogP contribution in [-0.4, -0.2) is 36.3 Å². The van der Waals surface area contributed by atoms with Gasteiger partial charge in [0.15, 0.2) is 0 Å². The molecule has 0 aliphatic carbocycles. The predicted molar refractivity (Wildman–Crippen MR) is 20.7 cm³/mol. The average Bonchev–Trinajstić information content (AvgIpc) is 1.19. The zero-order chi connectivity index (χ0) is 8.08. The quantitative estimate of drug-likeness (QED) is 0.282. The standard InChI is InChI=1S/Cr.Mg.H3O4P.2H2O.O/c;;1-5(2,3)4;;;/h;;(H3,1,2,3,4);2*1H2;/q2*+2;;;;/p-4. The second-order valence-corrected chi connectivity index (χ2v) is 2.36. The minimum absolute atomic E-state index is 0. The first-order valence-corrected chi connectivity index (χ1v) is 4.44. The van der Waals surface area contributed by atoms with Crippen molar-refractivity contribution in [2.24, 2.45) is 0 Å². The Kier molecular flexibility index (Phi) is 14.2. The average molecular weight is 222 g/mol. The summed E-state index contributed by atoms with van der Waals surface area (Å²) in [7, 11) is -5.14. The number of hydrogen-bond donors (Lipinski definition) is 3. The summed E-state index contributed by atoms with van der Waals surface area (Å²) in [5.74, 6) is 0. The Bertz CT molecular complexity index is 113. The van der Waals surface area contributed by atoms with Gasteiger partial charge in [-0.3, -0.25) is 0 Å². The molecule has 7 nitrogen and oxygen atoms in total. The van der Waals surface area contributed by atoms with Gasteiger partial charge >= 0.3 is 49.9 Å². The minimum atomic E-state index is -5.14. The first-order valence-electron chi connectivity index (χ1n) is 1.28. The van der Waals surface area contributed by atoms with E-state index in [1.807, 2.05) is 0 Å². The molecule has 0 aromatic rings. The van der Waals surface area contributed by atoms with E-state index in [4.69, 9.17) is 31.4 Å². The summed E-state index contributed by atoms with van der Waals surface area (Å²) >= 11 is -3.29. The van der Waals surface area contributed by atoms with E-state index in [9.17, 15) is 0 Å². The summed E-state index contributed by atoms with van der Waals surface area (Å²) in [6, 6.07) is 0.